The largest absolute Gasteiger partial charge is 0.325 e. The van der Waals surface area contributed by atoms with Crippen LogP contribution in [0.15, 0.2) is 53.4 Å². The smallest absolute Gasteiger partial charge is 0.321 e. The summed E-state index contributed by atoms with van der Waals surface area (Å²) in [5, 5.41) is 2.85. The standard InChI is InChI=1S/C20H23N3O3S/c24-20(22-13-4-1-5-14-22)21-17-8-10-18(11-9-17)27(25,26)23-15-12-16-6-2-3-7-19(16)23/h2-3,6-11H,1,4-5,12-15H2,(H,21,24). The van der Waals surface area contributed by atoms with E-state index < -0.39 is 10.0 Å². The zero-order valence-corrected chi connectivity index (χ0v) is 15.9. The van der Waals surface area contributed by atoms with E-state index >= 15 is 0 Å². The molecule has 1 N–H and O–H groups in total. The van der Waals surface area contributed by atoms with Crippen LogP contribution in [0.25, 0.3) is 0 Å². The van der Waals surface area contributed by atoms with Crippen molar-refractivity contribution < 1.29 is 13.2 Å². The quantitative estimate of drug-likeness (QED) is 0.880. The fraction of sp³-hybridized carbons (Fsp3) is 0.350. The molecule has 2 aromatic rings. The zero-order chi connectivity index (χ0) is 18.9. The van der Waals surface area contributed by atoms with Gasteiger partial charge < -0.3 is 10.2 Å². The predicted molar refractivity (Wildman–Crippen MR) is 106 cm³/mol. The van der Waals surface area contributed by atoms with Gasteiger partial charge in [0.2, 0.25) is 0 Å². The van der Waals surface area contributed by atoms with Gasteiger partial charge in [0.05, 0.1) is 10.6 Å². The number of anilines is 2. The first-order chi connectivity index (χ1) is 13.1. The van der Waals surface area contributed by atoms with Crippen molar-refractivity contribution in [2.75, 3.05) is 29.3 Å². The third kappa shape index (κ3) is 3.51. The number of rotatable bonds is 3. The number of benzene rings is 2. The second-order valence-corrected chi connectivity index (χ2v) is 8.82. The van der Waals surface area contributed by atoms with E-state index in [1.165, 1.54) is 4.31 Å². The molecular weight excluding hydrogens is 362 g/mol. The van der Waals surface area contributed by atoms with E-state index in [1.807, 2.05) is 24.3 Å². The van der Waals surface area contributed by atoms with Gasteiger partial charge in [-0.05, 0) is 61.6 Å². The van der Waals surface area contributed by atoms with Gasteiger partial charge in [-0.15, -0.1) is 0 Å². The molecule has 7 heteroatoms. The van der Waals surface area contributed by atoms with Gasteiger partial charge in [-0.1, -0.05) is 18.2 Å². The van der Waals surface area contributed by atoms with Gasteiger partial charge in [-0.2, -0.15) is 0 Å². The summed E-state index contributed by atoms with van der Waals surface area (Å²) in [5.74, 6) is 0. The number of para-hydroxylation sites is 1. The Morgan fingerprint density at radius 1 is 0.889 bits per heavy atom. The number of fused-ring (bicyclic) bond motifs is 1. The summed E-state index contributed by atoms with van der Waals surface area (Å²) in [5.41, 5.74) is 2.40. The minimum Gasteiger partial charge on any atom is -0.325 e. The number of carbonyl (C=O) groups is 1. The van der Waals surface area contributed by atoms with Crippen molar-refractivity contribution in [3.05, 3.63) is 54.1 Å². The molecule has 0 unspecified atom stereocenters. The Bertz CT molecular complexity index is 935. The molecule has 2 aliphatic heterocycles. The number of hydrogen-bond acceptors (Lipinski definition) is 3. The molecule has 6 nitrogen and oxygen atoms in total. The third-order valence-corrected chi connectivity index (χ3v) is 7.01. The summed E-state index contributed by atoms with van der Waals surface area (Å²) in [6.07, 6.45) is 3.94. The SMILES string of the molecule is O=C(Nc1ccc(S(=O)(=O)N2CCc3ccccc32)cc1)N1CCCCC1. The number of carbonyl (C=O) groups excluding carboxylic acids is 1. The lowest BCUT2D eigenvalue weighted by atomic mass is 10.1. The van der Waals surface area contributed by atoms with Gasteiger partial charge in [0.1, 0.15) is 0 Å². The van der Waals surface area contributed by atoms with E-state index in [0.29, 0.717) is 12.2 Å². The number of hydrogen-bond donors (Lipinski definition) is 1. The fourth-order valence-electron chi connectivity index (χ4n) is 3.69. The highest BCUT2D eigenvalue weighted by Crippen LogP contribution is 2.32. The Balaban J connectivity index is 1.49. The summed E-state index contributed by atoms with van der Waals surface area (Å²) in [6.45, 7) is 1.99. The minimum absolute atomic E-state index is 0.126. The Hall–Kier alpha value is -2.54. The lowest BCUT2D eigenvalue weighted by molar-refractivity contribution is 0.200. The van der Waals surface area contributed by atoms with Gasteiger partial charge in [0.15, 0.2) is 0 Å². The monoisotopic (exact) mass is 385 g/mol. The van der Waals surface area contributed by atoms with Crippen molar-refractivity contribution in [1.82, 2.24) is 4.90 Å². The summed E-state index contributed by atoms with van der Waals surface area (Å²) < 4.78 is 27.5. The molecule has 0 aliphatic carbocycles. The first-order valence-electron chi connectivity index (χ1n) is 9.32. The molecule has 2 aromatic carbocycles. The van der Waals surface area contributed by atoms with E-state index in [-0.39, 0.29) is 10.9 Å². The van der Waals surface area contributed by atoms with Gasteiger partial charge in [0.25, 0.3) is 10.0 Å². The number of amides is 2. The van der Waals surface area contributed by atoms with Crippen molar-refractivity contribution in [1.29, 1.82) is 0 Å². The van der Waals surface area contributed by atoms with E-state index in [1.54, 1.807) is 29.2 Å². The van der Waals surface area contributed by atoms with Gasteiger partial charge in [-0.25, -0.2) is 13.2 Å². The second-order valence-electron chi connectivity index (χ2n) is 6.96. The van der Waals surface area contributed by atoms with Crippen molar-refractivity contribution in [2.24, 2.45) is 0 Å². The van der Waals surface area contributed by atoms with Gasteiger partial charge in [-0.3, -0.25) is 4.31 Å². The normalized spacial score (nSPS) is 16.9. The maximum atomic E-state index is 13.0. The van der Waals surface area contributed by atoms with E-state index in [0.717, 1.165) is 50.0 Å². The molecule has 2 heterocycles. The Labute approximate surface area is 159 Å². The molecule has 0 spiro atoms. The fourth-order valence-corrected chi connectivity index (χ4v) is 5.20. The van der Waals surface area contributed by atoms with Crippen molar-refractivity contribution in [3.8, 4) is 0 Å². The Kier molecular flexibility index (Phi) is 4.78. The molecule has 0 saturated carbocycles. The summed E-state index contributed by atoms with van der Waals surface area (Å²) in [7, 11) is -3.61. The number of likely N-dealkylation sites (tertiary alicyclic amines) is 1. The van der Waals surface area contributed by atoms with Crippen molar-refractivity contribution in [3.63, 3.8) is 0 Å². The highest BCUT2D eigenvalue weighted by atomic mass is 32.2. The van der Waals surface area contributed by atoms with Gasteiger partial charge in [0, 0.05) is 25.3 Å². The van der Waals surface area contributed by atoms with E-state index in [4.69, 9.17) is 0 Å². The number of piperidine rings is 1. The average molecular weight is 385 g/mol. The molecule has 142 valence electrons. The lowest BCUT2D eigenvalue weighted by Gasteiger charge is -2.26. The predicted octanol–water partition coefficient (Wildman–Crippen LogP) is 3.46. The highest BCUT2D eigenvalue weighted by Gasteiger charge is 2.30. The number of nitrogens with one attached hydrogen (secondary N) is 1. The molecule has 27 heavy (non-hydrogen) atoms. The minimum atomic E-state index is -3.61. The zero-order valence-electron chi connectivity index (χ0n) is 15.1. The van der Waals surface area contributed by atoms with Crippen LogP contribution in [0.3, 0.4) is 0 Å². The Morgan fingerprint density at radius 3 is 2.33 bits per heavy atom. The molecule has 1 fully saturated rings. The topological polar surface area (TPSA) is 69.7 Å². The lowest BCUT2D eigenvalue weighted by Crippen LogP contribution is -2.38. The number of urea groups is 1. The molecule has 0 radical (unpaired) electrons. The first-order valence-corrected chi connectivity index (χ1v) is 10.8. The maximum Gasteiger partial charge on any atom is 0.321 e. The van der Waals surface area contributed by atoms with E-state index in [9.17, 15) is 13.2 Å². The van der Waals surface area contributed by atoms with E-state index in [2.05, 4.69) is 5.32 Å². The molecule has 1 saturated heterocycles. The maximum absolute atomic E-state index is 13.0. The van der Waals surface area contributed by atoms with Crippen molar-refractivity contribution in [2.45, 2.75) is 30.6 Å². The van der Waals surface area contributed by atoms with Gasteiger partial charge >= 0.3 is 6.03 Å². The van der Waals surface area contributed by atoms with Crippen LogP contribution >= 0.6 is 0 Å². The average Bonchev–Trinajstić information content (AvgIpc) is 3.14. The molecular formula is C20H23N3O3S. The summed E-state index contributed by atoms with van der Waals surface area (Å²) >= 11 is 0. The van der Waals surface area contributed by atoms with Crippen LogP contribution in [-0.4, -0.2) is 39.0 Å². The number of nitrogens with zero attached hydrogens (tertiary/aromatic N) is 2. The molecule has 0 bridgehead atoms. The van der Waals surface area contributed by atoms with Crippen LogP contribution in [0.1, 0.15) is 24.8 Å². The highest BCUT2D eigenvalue weighted by molar-refractivity contribution is 7.92. The Morgan fingerprint density at radius 2 is 1.59 bits per heavy atom. The van der Waals surface area contributed by atoms with Crippen LogP contribution in [0, 0.1) is 0 Å². The van der Waals surface area contributed by atoms with Crippen molar-refractivity contribution >= 4 is 27.4 Å². The molecule has 2 amide bonds. The van der Waals surface area contributed by atoms with Crippen LogP contribution in [0.2, 0.25) is 0 Å². The molecule has 4 rings (SSSR count). The first kappa shape index (κ1) is 17.9. The van der Waals surface area contributed by atoms with Crippen LogP contribution in [0.4, 0.5) is 16.2 Å². The molecule has 0 atom stereocenters. The molecule has 0 aromatic heterocycles. The van der Waals surface area contributed by atoms with Crippen LogP contribution in [-0.2, 0) is 16.4 Å². The summed E-state index contributed by atoms with van der Waals surface area (Å²) in [6, 6.07) is 13.9. The van der Waals surface area contributed by atoms with Crippen LogP contribution in [0.5, 0.6) is 0 Å². The second kappa shape index (κ2) is 7.23. The molecule has 2 aliphatic rings. The number of sulfonamides is 1. The van der Waals surface area contributed by atoms with Crippen LogP contribution < -0.4 is 9.62 Å². The third-order valence-electron chi connectivity index (χ3n) is 5.18. The summed E-state index contributed by atoms with van der Waals surface area (Å²) in [4.78, 5) is 14.3.